The minimum absolute atomic E-state index is 0.188. The normalized spacial score (nSPS) is 10.1. The molecular formula is C8H8N4O2. The molecule has 0 radical (unpaired) electrons. The Bertz CT molecular complexity index is 474. The maximum absolute atomic E-state index is 11.3. The molecule has 14 heavy (non-hydrogen) atoms. The molecule has 0 aliphatic heterocycles. The molecule has 0 saturated carbocycles. The van der Waals surface area contributed by atoms with E-state index in [1.807, 2.05) is 0 Å². The van der Waals surface area contributed by atoms with Crippen molar-refractivity contribution in [3.05, 3.63) is 29.1 Å². The van der Waals surface area contributed by atoms with Crippen LogP contribution in [0.15, 0.2) is 23.5 Å². The van der Waals surface area contributed by atoms with Gasteiger partial charge in [0, 0.05) is 0 Å². The predicted octanol–water partition coefficient (Wildman–Crippen LogP) is 0.169. The number of nitrogens with zero attached hydrogens (tertiary/aromatic N) is 2. The number of methoxy groups -OCH3 is 1. The highest BCUT2D eigenvalue weighted by Gasteiger charge is 2.04. The topological polar surface area (TPSA) is 83.7 Å². The first-order valence-electron chi connectivity index (χ1n) is 3.93. The number of rotatable bonds is 2. The van der Waals surface area contributed by atoms with Crippen molar-refractivity contribution in [1.29, 1.82) is 0 Å². The first kappa shape index (κ1) is 8.49. The summed E-state index contributed by atoms with van der Waals surface area (Å²) in [5.74, 6) is 0.626. The molecule has 2 heterocycles. The van der Waals surface area contributed by atoms with E-state index < -0.39 is 0 Å². The lowest BCUT2D eigenvalue weighted by atomic mass is 10.4. The highest BCUT2D eigenvalue weighted by atomic mass is 16.5. The van der Waals surface area contributed by atoms with E-state index in [0.29, 0.717) is 11.5 Å². The van der Waals surface area contributed by atoms with Crippen LogP contribution in [0.3, 0.4) is 0 Å². The molecule has 0 bridgehead atoms. The summed E-state index contributed by atoms with van der Waals surface area (Å²) in [5, 5.41) is 0. The van der Waals surface area contributed by atoms with E-state index in [1.165, 1.54) is 19.6 Å². The lowest BCUT2D eigenvalue weighted by Crippen LogP contribution is -2.11. The fourth-order valence-electron chi connectivity index (χ4n) is 1.05. The van der Waals surface area contributed by atoms with Gasteiger partial charge in [0.25, 0.3) is 5.56 Å². The lowest BCUT2D eigenvalue weighted by molar-refractivity contribution is 0.406. The summed E-state index contributed by atoms with van der Waals surface area (Å²) in [7, 11) is 1.42. The van der Waals surface area contributed by atoms with Crippen LogP contribution < -0.4 is 10.3 Å². The molecule has 0 spiro atoms. The summed E-state index contributed by atoms with van der Waals surface area (Å²) < 4.78 is 4.79. The largest absolute Gasteiger partial charge is 0.490 e. The molecule has 0 saturated heterocycles. The molecule has 0 aliphatic carbocycles. The van der Waals surface area contributed by atoms with Gasteiger partial charge in [-0.15, -0.1) is 0 Å². The first-order chi connectivity index (χ1) is 6.81. The van der Waals surface area contributed by atoms with Crippen LogP contribution in [-0.2, 0) is 0 Å². The molecule has 0 unspecified atom stereocenters. The number of hydrogen-bond acceptors (Lipinski definition) is 4. The Hall–Kier alpha value is -2.11. The Balaban J connectivity index is 2.48. The molecule has 0 fully saturated rings. The van der Waals surface area contributed by atoms with Crippen molar-refractivity contribution in [2.45, 2.75) is 0 Å². The molecule has 2 aromatic heterocycles. The monoisotopic (exact) mass is 192 g/mol. The fraction of sp³-hybridized carbons (Fsp3) is 0.125. The zero-order chi connectivity index (χ0) is 9.97. The number of hydrogen-bond donors (Lipinski definition) is 2. The third-order valence-electron chi connectivity index (χ3n) is 1.74. The van der Waals surface area contributed by atoms with E-state index in [9.17, 15) is 4.79 Å². The van der Waals surface area contributed by atoms with Crippen molar-refractivity contribution < 1.29 is 4.74 Å². The van der Waals surface area contributed by atoms with Crippen LogP contribution >= 0.6 is 0 Å². The highest BCUT2D eigenvalue weighted by molar-refractivity contribution is 5.46. The van der Waals surface area contributed by atoms with Crippen molar-refractivity contribution in [3.63, 3.8) is 0 Å². The Labute approximate surface area is 79.0 Å². The summed E-state index contributed by atoms with van der Waals surface area (Å²) in [4.78, 5) is 24.5. The Kier molecular flexibility index (Phi) is 2.02. The summed E-state index contributed by atoms with van der Waals surface area (Å²) in [5.41, 5.74) is 0.344. The zero-order valence-electron chi connectivity index (χ0n) is 7.44. The standard InChI is InChI=1S/C8H8N4O2/c1-14-6-3-10-7(12-8(6)13)5-2-9-4-11-5/h2-4H,1H3,(H,9,11)(H,10,12,13). The van der Waals surface area contributed by atoms with Crippen LogP contribution in [0, 0.1) is 0 Å². The van der Waals surface area contributed by atoms with Gasteiger partial charge in [0.2, 0.25) is 5.75 Å². The summed E-state index contributed by atoms with van der Waals surface area (Å²) in [6.45, 7) is 0. The van der Waals surface area contributed by atoms with Crippen molar-refractivity contribution in [2.75, 3.05) is 7.11 Å². The second-order valence-corrected chi connectivity index (χ2v) is 2.59. The van der Waals surface area contributed by atoms with Crippen LogP contribution in [0.25, 0.3) is 11.5 Å². The van der Waals surface area contributed by atoms with Gasteiger partial charge < -0.3 is 14.7 Å². The molecule has 6 nitrogen and oxygen atoms in total. The molecule has 2 N–H and O–H groups in total. The molecule has 0 aromatic carbocycles. The van der Waals surface area contributed by atoms with Gasteiger partial charge in [-0.05, 0) is 0 Å². The maximum Gasteiger partial charge on any atom is 0.293 e. The quantitative estimate of drug-likeness (QED) is 0.710. The van der Waals surface area contributed by atoms with Crippen LogP contribution in [0.2, 0.25) is 0 Å². The zero-order valence-corrected chi connectivity index (χ0v) is 7.44. The highest BCUT2D eigenvalue weighted by Crippen LogP contribution is 2.08. The number of aromatic amines is 2. The summed E-state index contributed by atoms with van der Waals surface area (Å²) >= 11 is 0. The van der Waals surface area contributed by atoms with Crippen LogP contribution in [-0.4, -0.2) is 27.0 Å². The lowest BCUT2D eigenvalue weighted by Gasteiger charge is -1.99. The smallest absolute Gasteiger partial charge is 0.293 e. The molecule has 72 valence electrons. The average Bonchev–Trinajstić information content (AvgIpc) is 2.70. The van der Waals surface area contributed by atoms with Crippen molar-refractivity contribution >= 4 is 0 Å². The number of nitrogens with one attached hydrogen (secondary N) is 2. The predicted molar refractivity (Wildman–Crippen MR) is 49.0 cm³/mol. The molecule has 6 heteroatoms. The van der Waals surface area contributed by atoms with Gasteiger partial charge in [-0.25, -0.2) is 9.97 Å². The molecule has 0 amide bonds. The van der Waals surface area contributed by atoms with Crippen molar-refractivity contribution in [1.82, 2.24) is 19.9 Å². The third-order valence-corrected chi connectivity index (χ3v) is 1.74. The molecule has 2 aromatic rings. The summed E-state index contributed by atoms with van der Waals surface area (Å²) in [6.07, 6.45) is 4.46. The Morgan fingerprint density at radius 3 is 2.86 bits per heavy atom. The van der Waals surface area contributed by atoms with E-state index in [2.05, 4.69) is 19.9 Å². The number of H-pyrrole nitrogens is 2. The van der Waals surface area contributed by atoms with E-state index in [-0.39, 0.29) is 11.3 Å². The van der Waals surface area contributed by atoms with E-state index in [1.54, 1.807) is 6.20 Å². The van der Waals surface area contributed by atoms with E-state index in [4.69, 9.17) is 4.74 Å². The third kappa shape index (κ3) is 1.37. The van der Waals surface area contributed by atoms with Gasteiger partial charge in [0.05, 0.1) is 25.8 Å². The van der Waals surface area contributed by atoms with Gasteiger partial charge in [-0.1, -0.05) is 0 Å². The van der Waals surface area contributed by atoms with Crippen LogP contribution in [0.4, 0.5) is 0 Å². The van der Waals surface area contributed by atoms with Crippen LogP contribution in [0.1, 0.15) is 0 Å². The molecule has 2 rings (SSSR count). The average molecular weight is 192 g/mol. The first-order valence-corrected chi connectivity index (χ1v) is 3.93. The number of ether oxygens (including phenoxy) is 1. The van der Waals surface area contributed by atoms with E-state index in [0.717, 1.165) is 0 Å². The van der Waals surface area contributed by atoms with Gasteiger partial charge >= 0.3 is 0 Å². The fourth-order valence-corrected chi connectivity index (χ4v) is 1.05. The molecule has 0 aliphatic rings. The molecule has 0 atom stereocenters. The number of aromatic nitrogens is 4. The van der Waals surface area contributed by atoms with Gasteiger partial charge in [-0.2, -0.15) is 0 Å². The summed E-state index contributed by atoms with van der Waals surface area (Å²) in [6, 6.07) is 0. The van der Waals surface area contributed by atoms with Gasteiger partial charge in [0.1, 0.15) is 5.69 Å². The Morgan fingerprint density at radius 1 is 1.43 bits per heavy atom. The van der Waals surface area contributed by atoms with Gasteiger partial charge in [0.15, 0.2) is 5.82 Å². The molecular weight excluding hydrogens is 184 g/mol. The Morgan fingerprint density at radius 2 is 2.29 bits per heavy atom. The van der Waals surface area contributed by atoms with Gasteiger partial charge in [-0.3, -0.25) is 4.79 Å². The van der Waals surface area contributed by atoms with Crippen molar-refractivity contribution in [2.24, 2.45) is 0 Å². The number of imidazole rings is 1. The maximum atomic E-state index is 11.3. The van der Waals surface area contributed by atoms with E-state index >= 15 is 0 Å². The van der Waals surface area contributed by atoms with Crippen molar-refractivity contribution in [3.8, 4) is 17.3 Å². The second kappa shape index (κ2) is 3.33. The minimum Gasteiger partial charge on any atom is -0.490 e. The minimum atomic E-state index is -0.313. The second-order valence-electron chi connectivity index (χ2n) is 2.59. The van der Waals surface area contributed by atoms with Crippen LogP contribution in [0.5, 0.6) is 5.75 Å². The SMILES string of the molecule is COc1cnc(-c2cnc[nH]2)[nH]c1=O.